The van der Waals surface area contributed by atoms with E-state index in [-0.39, 0.29) is 5.41 Å². The highest BCUT2D eigenvalue weighted by Gasteiger charge is 2.37. The van der Waals surface area contributed by atoms with E-state index in [9.17, 15) is 0 Å². The lowest BCUT2D eigenvalue weighted by molar-refractivity contribution is 0.374. The normalized spacial score (nSPS) is 25.2. The Labute approximate surface area is 105 Å². The summed E-state index contributed by atoms with van der Waals surface area (Å²) in [5.74, 6) is 0.854. The average molecular weight is 229 g/mol. The second-order valence-electron chi connectivity index (χ2n) is 6.23. The van der Waals surface area contributed by atoms with Gasteiger partial charge in [0.25, 0.3) is 0 Å². The maximum Gasteiger partial charge on any atom is 0.0159 e. The Bertz CT molecular complexity index is 398. The van der Waals surface area contributed by atoms with Crippen molar-refractivity contribution in [3.05, 3.63) is 35.4 Å². The molecular weight excluding hydrogens is 206 g/mol. The van der Waals surface area contributed by atoms with E-state index >= 15 is 0 Å². The fourth-order valence-corrected chi connectivity index (χ4v) is 3.32. The number of hydrogen-bond acceptors (Lipinski definition) is 1. The first kappa shape index (κ1) is 11.3. The third-order valence-electron chi connectivity index (χ3n) is 4.60. The standard InChI is InChI=1S/C16H23N/c1-16(2,15-8-5-11-17-15)14-7-4-3-6-13(14)12-9-10-12/h3-4,6-7,12,15,17H,5,8-11H2,1-2H3. The third kappa shape index (κ3) is 2.01. The Balaban J connectivity index is 1.96. The van der Waals surface area contributed by atoms with Gasteiger partial charge in [0, 0.05) is 11.5 Å². The smallest absolute Gasteiger partial charge is 0.0159 e. The summed E-state index contributed by atoms with van der Waals surface area (Å²) in [7, 11) is 0. The Kier molecular flexibility index (Phi) is 2.74. The lowest BCUT2D eigenvalue weighted by Crippen LogP contribution is -2.41. The van der Waals surface area contributed by atoms with Crippen LogP contribution in [-0.2, 0) is 5.41 Å². The van der Waals surface area contributed by atoms with Crippen molar-refractivity contribution in [2.75, 3.05) is 6.54 Å². The van der Waals surface area contributed by atoms with Crippen molar-refractivity contribution in [1.29, 1.82) is 0 Å². The number of nitrogens with one attached hydrogen (secondary N) is 1. The van der Waals surface area contributed by atoms with Crippen molar-refractivity contribution >= 4 is 0 Å². The van der Waals surface area contributed by atoms with Crippen LogP contribution in [-0.4, -0.2) is 12.6 Å². The third-order valence-corrected chi connectivity index (χ3v) is 4.60. The molecule has 1 saturated carbocycles. The summed E-state index contributed by atoms with van der Waals surface area (Å²) in [5, 5.41) is 3.68. The van der Waals surface area contributed by atoms with Gasteiger partial charge >= 0.3 is 0 Å². The summed E-state index contributed by atoms with van der Waals surface area (Å²) in [6.45, 7) is 6.02. The number of benzene rings is 1. The van der Waals surface area contributed by atoms with Crippen LogP contribution in [0, 0.1) is 0 Å². The van der Waals surface area contributed by atoms with Crippen molar-refractivity contribution in [1.82, 2.24) is 5.32 Å². The summed E-state index contributed by atoms with van der Waals surface area (Å²) >= 11 is 0. The van der Waals surface area contributed by atoms with E-state index in [1.165, 1.54) is 32.2 Å². The monoisotopic (exact) mass is 229 g/mol. The van der Waals surface area contributed by atoms with Crippen LogP contribution >= 0.6 is 0 Å². The van der Waals surface area contributed by atoms with Crippen molar-refractivity contribution in [2.24, 2.45) is 0 Å². The molecule has 1 aromatic carbocycles. The van der Waals surface area contributed by atoms with E-state index in [1.54, 1.807) is 11.1 Å². The van der Waals surface area contributed by atoms with Crippen molar-refractivity contribution in [2.45, 2.75) is 56.9 Å². The maximum absolute atomic E-state index is 3.68. The SMILES string of the molecule is CC(C)(c1ccccc1C1CC1)C1CCCN1. The zero-order valence-corrected chi connectivity index (χ0v) is 11.0. The van der Waals surface area contributed by atoms with Gasteiger partial charge in [-0.2, -0.15) is 0 Å². The van der Waals surface area contributed by atoms with Gasteiger partial charge in [-0.15, -0.1) is 0 Å². The largest absolute Gasteiger partial charge is 0.313 e. The molecule has 1 heteroatoms. The molecule has 1 aliphatic heterocycles. The minimum atomic E-state index is 0.273. The van der Waals surface area contributed by atoms with Gasteiger partial charge in [0.15, 0.2) is 0 Å². The van der Waals surface area contributed by atoms with Crippen LogP contribution in [0.15, 0.2) is 24.3 Å². The number of hydrogen-bond donors (Lipinski definition) is 1. The molecule has 2 fully saturated rings. The minimum Gasteiger partial charge on any atom is -0.313 e. The first-order valence-corrected chi connectivity index (χ1v) is 7.02. The quantitative estimate of drug-likeness (QED) is 0.835. The van der Waals surface area contributed by atoms with E-state index in [1.807, 2.05) is 0 Å². The molecule has 1 heterocycles. The molecule has 17 heavy (non-hydrogen) atoms. The Morgan fingerprint density at radius 3 is 2.53 bits per heavy atom. The second kappa shape index (κ2) is 4.13. The molecule has 0 spiro atoms. The highest BCUT2D eigenvalue weighted by atomic mass is 15.0. The van der Waals surface area contributed by atoms with Gasteiger partial charge in [0.2, 0.25) is 0 Å². The van der Waals surface area contributed by atoms with Crippen LogP contribution in [0.5, 0.6) is 0 Å². The molecule has 0 bridgehead atoms. The van der Waals surface area contributed by atoms with E-state index < -0.39 is 0 Å². The second-order valence-corrected chi connectivity index (χ2v) is 6.23. The zero-order chi connectivity index (χ0) is 11.9. The molecule has 2 aliphatic rings. The highest BCUT2D eigenvalue weighted by molar-refractivity contribution is 5.39. The van der Waals surface area contributed by atoms with Crippen LogP contribution < -0.4 is 5.32 Å². The van der Waals surface area contributed by atoms with Crippen molar-refractivity contribution in [3.8, 4) is 0 Å². The maximum atomic E-state index is 3.68. The summed E-state index contributed by atoms with van der Waals surface area (Å²) in [4.78, 5) is 0. The van der Waals surface area contributed by atoms with Gasteiger partial charge in [-0.1, -0.05) is 38.1 Å². The molecule has 1 unspecified atom stereocenters. The predicted octanol–water partition coefficient (Wildman–Crippen LogP) is 3.59. The van der Waals surface area contributed by atoms with Crippen LogP contribution in [0.2, 0.25) is 0 Å². The Morgan fingerprint density at radius 2 is 1.88 bits per heavy atom. The molecule has 0 aromatic heterocycles. The number of rotatable bonds is 3. The van der Waals surface area contributed by atoms with Crippen LogP contribution in [0.25, 0.3) is 0 Å². The lowest BCUT2D eigenvalue weighted by Gasteiger charge is -2.34. The van der Waals surface area contributed by atoms with Crippen molar-refractivity contribution in [3.63, 3.8) is 0 Å². The Hall–Kier alpha value is -0.820. The highest BCUT2D eigenvalue weighted by Crippen LogP contribution is 2.45. The van der Waals surface area contributed by atoms with E-state index in [0.29, 0.717) is 6.04 Å². The lowest BCUT2D eigenvalue weighted by atomic mass is 9.74. The summed E-state index contributed by atoms with van der Waals surface area (Å²) in [6, 6.07) is 9.77. The van der Waals surface area contributed by atoms with E-state index in [2.05, 4.69) is 43.4 Å². The van der Waals surface area contributed by atoms with Gasteiger partial charge in [0.05, 0.1) is 0 Å². The summed E-state index contributed by atoms with van der Waals surface area (Å²) < 4.78 is 0. The molecule has 1 nitrogen and oxygen atoms in total. The fraction of sp³-hybridized carbons (Fsp3) is 0.625. The Morgan fingerprint density at radius 1 is 1.12 bits per heavy atom. The van der Waals surface area contributed by atoms with Gasteiger partial charge in [0.1, 0.15) is 0 Å². The topological polar surface area (TPSA) is 12.0 Å². The first-order chi connectivity index (χ1) is 8.19. The van der Waals surface area contributed by atoms with E-state index in [0.717, 1.165) is 5.92 Å². The molecular formula is C16H23N. The molecule has 1 aliphatic carbocycles. The fourth-order valence-electron chi connectivity index (χ4n) is 3.32. The van der Waals surface area contributed by atoms with Gasteiger partial charge in [-0.05, 0) is 49.3 Å². The van der Waals surface area contributed by atoms with Crippen molar-refractivity contribution < 1.29 is 0 Å². The molecule has 1 atom stereocenters. The average Bonchev–Trinajstić information content (AvgIpc) is 3.03. The predicted molar refractivity (Wildman–Crippen MR) is 72.5 cm³/mol. The van der Waals surface area contributed by atoms with Gasteiger partial charge in [-0.25, -0.2) is 0 Å². The van der Waals surface area contributed by atoms with Crippen LogP contribution in [0.1, 0.15) is 56.6 Å². The molecule has 0 radical (unpaired) electrons. The summed E-state index contributed by atoms with van der Waals surface area (Å²) in [5.41, 5.74) is 3.48. The zero-order valence-electron chi connectivity index (χ0n) is 11.0. The molecule has 1 aromatic rings. The van der Waals surface area contributed by atoms with Gasteiger partial charge < -0.3 is 5.32 Å². The molecule has 0 amide bonds. The summed E-state index contributed by atoms with van der Waals surface area (Å²) in [6.07, 6.45) is 5.45. The van der Waals surface area contributed by atoms with E-state index in [4.69, 9.17) is 0 Å². The van der Waals surface area contributed by atoms with Crippen LogP contribution in [0.4, 0.5) is 0 Å². The molecule has 1 N–H and O–H groups in total. The molecule has 1 saturated heterocycles. The minimum absolute atomic E-state index is 0.273. The van der Waals surface area contributed by atoms with Crippen LogP contribution in [0.3, 0.4) is 0 Å². The first-order valence-electron chi connectivity index (χ1n) is 7.02. The molecule has 92 valence electrons. The van der Waals surface area contributed by atoms with Gasteiger partial charge in [-0.3, -0.25) is 0 Å². The molecule has 3 rings (SSSR count).